The van der Waals surface area contributed by atoms with E-state index in [1.54, 1.807) is 28.2 Å². The van der Waals surface area contributed by atoms with Crippen LogP contribution in [0.15, 0.2) is 0 Å². The average Bonchev–Trinajstić information content (AvgIpc) is 2.57. The molecule has 7 heteroatoms. The summed E-state index contributed by atoms with van der Waals surface area (Å²) in [5, 5.41) is 0. The maximum atomic E-state index is 10.2. The molecule has 0 N–H and O–H groups in total. The van der Waals surface area contributed by atoms with Gasteiger partial charge in [0.1, 0.15) is 0 Å². The number of hydrogen-bond acceptors (Lipinski definition) is 4. The van der Waals surface area contributed by atoms with E-state index < -0.39 is 0 Å². The standard InChI is InChI=1S/C4H9NO2.C4H9NO.C4H12N.4C4H10.C3H9N/c1-5(2)4(6)7-3;1-4(6)5(2)3;1-5(2,3)4;5*1-4(2)3/h1-3H3;1-3H3;1-4H3;4*4H,1-3H3;1-3H3/q;;+1;;;;;. The number of carbonyl (C=O) groups is 2. The molecule has 240 valence electrons. The molecule has 0 saturated heterocycles. The van der Waals surface area contributed by atoms with Crippen LogP contribution in [0.4, 0.5) is 4.79 Å². The maximum Gasteiger partial charge on any atom is 0.408 e. The van der Waals surface area contributed by atoms with Gasteiger partial charge in [-0.05, 0) is 44.8 Å². The number of hydrogen-bond donors (Lipinski definition) is 0. The Morgan fingerprint density at radius 1 is 0.526 bits per heavy atom. The van der Waals surface area contributed by atoms with Crippen LogP contribution < -0.4 is 0 Å². The molecule has 0 unspecified atom stereocenters. The van der Waals surface area contributed by atoms with Crippen LogP contribution in [0.5, 0.6) is 0 Å². The van der Waals surface area contributed by atoms with Gasteiger partial charge in [-0.15, -0.1) is 0 Å². The molecule has 0 radical (unpaired) electrons. The predicted octanol–water partition coefficient (Wildman–Crippen LogP) is 7.56. The maximum absolute atomic E-state index is 10.2. The van der Waals surface area contributed by atoms with Gasteiger partial charge in [0.05, 0.1) is 35.3 Å². The number of carbonyl (C=O) groups excluding carboxylic acids is 2. The predicted molar refractivity (Wildman–Crippen MR) is 176 cm³/mol. The summed E-state index contributed by atoms with van der Waals surface area (Å²) in [6.45, 7) is 27.5. The lowest BCUT2D eigenvalue weighted by molar-refractivity contribution is -0.849. The molecule has 0 rings (SSSR count). The minimum absolute atomic E-state index is 0.0926. The quantitative estimate of drug-likeness (QED) is 0.289. The molecular formula is C31H79N4O3+. The lowest BCUT2D eigenvalue weighted by Crippen LogP contribution is -2.27. The normalized spacial score (nSPS) is 9.00. The van der Waals surface area contributed by atoms with E-state index >= 15 is 0 Å². The minimum Gasteiger partial charge on any atom is -0.453 e. The summed E-state index contributed by atoms with van der Waals surface area (Å²) in [5.41, 5.74) is 0. The molecule has 0 fully saturated rings. The third-order valence-corrected chi connectivity index (χ3v) is 1.17. The first-order chi connectivity index (χ1) is 16.5. The fraction of sp³-hybridized carbons (Fsp3) is 0.935. The highest BCUT2D eigenvalue weighted by molar-refractivity contribution is 5.72. The Morgan fingerprint density at radius 3 is 0.632 bits per heavy atom. The van der Waals surface area contributed by atoms with Gasteiger partial charge >= 0.3 is 6.09 Å². The monoisotopic (exact) mass is 556 g/mol. The summed E-state index contributed by atoms with van der Waals surface area (Å²) >= 11 is 0. The van der Waals surface area contributed by atoms with E-state index in [0.717, 1.165) is 28.2 Å². The second-order valence-corrected chi connectivity index (χ2v) is 13.7. The van der Waals surface area contributed by atoms with Crippen LogP contribution in [0.1, 0.15) is 90.0 Å². The van der Waals surface area contributed by atoms with E-state index in [9.17, 15) is 9.59 Å². The van der Waals surface area contributed by atoms with Gasteiger partial charge in [0.15, 0.2) is 0 Å². The van der Waals surface area contributed by atoms with Crippen molar-refractivity contribution in [2.45, 2.75) is 90.0 Å². The first-order valence-corrected chi connectivity index (χ1v) is 13.8. The van der Waals surface area contributed by atoms with Crippen LogP contribution in [0.25, 0.3) is 0 Å². The zero-order chi connectivity index (χ0) is 33.4. The minimum atomic E-state index is -0.319. The molecule has 0 aliphatic rings. The molecule has 0 spiro atoms. The van der Waals surface area contributed by atoms with Gasteiger partial charge in [0.25, 0.3) is 0 Å². The topological polar surface area (TPSA) is 53.1 Å². The molecule has 0 aromatic rings. The van der Waals surface area contributed by atoms with Gasteiger partial charge in [0, 0.05) is 35.1 Å². The molecule has 0 aliphatic carbocycles. The molecule has 0 saturated carbocycles. The van der Waals surface area contributed by atoms with Gasteiger partial charge in [-0.25, -0.2) is 4.79 Å². The first kappa shape index (κ1) is 56.8. The van der Waals surface area contributed by atoms with Gasteiger partial charge in [-0.3, -0.25) is 4.79 Å². The molecule has 38 heavy (non-hydrogen) atoms. The van der Waals surface area contributed by atoms with Crippen LogP contribution in [0.3, 0.4) is 0 Å². The van der Waals surface area contributed by atoms with E-state index in [0.29, 0.717) is 0 Å². The van der Waals surface area contributed by atoms with E-state index in [-0.39, 0.29) is 12.0 Å². The van der Waals surface area contributed by atoms with Gasteiger partial charge in [0.2, 0.25) is 5.91 Å². The van der Waals surface area contributed by atoms with Crippen LogP contribution in [-0.2, 0) is 9.53 Å². The fourth-order valence-corrected chi connectivity index (χ4v) is 0.183. The lowest BCUT2D eigenvalue weighted by Gasteiger charge is -2.14. The second-order valence-electron chi connectivity index (χ2n) is 13.7. The molecule has 2 amide bonds. The molecule has 0 aromatic heterocycles. The summed E-state index contributed by atoms with van der Waals surface area (Å²) in [7, 11) is 22.6. The van der Waals surface area contributed by atoms with Crippen molar-refractivity contribution >= 4 is 12.0 Å². The van der Waals surface area contributed by atoms with E-state index in [1.807, 2.05) is 26.0 Å². The number of methoxy groups -OCH3 is 1. The van der Waals surface area contributed by atoms with Gasteiger partial charge < -0.3 is 23.9 Å². The van der Waals surface area contributed by atoms with Crippen molar-refractivity contribution in [2.75, 3.05) is 84.6 Å². The lowest BCUT2D eigenvalue weighted by atomic mass is 10.3. The number of amides is 2. The number of ether oxygens (including phenoxy) is 1. The zero-order valence-corrected chi connectivity index (χ0v) is 31.3. The molecule has 0 aliphatic heterocycles. The zero-order valence-electron chi connectivity index (χ0n) is 31.3. The molecule has 7 nitrogen and oxygen atoms in total. The van der Waals surface area contributed by atoms with Gasteiger partial charge in [-0.1, -0.05) is 83.1 Å². The smallest absolute Gasteiger partial charge is 0.408 e. The molecule has 0 atom stereocenters. The van der Waals surface area contributed by atoms with Crippen molar-refractivity contribution in [1.82, 2.24) is 14.7 Å². The summed E-state index contributed by atoms with van der Waals surface area (Å²) in [6, 6.07) is 0. The van der Waals surface area contributed by atoms with Crippen molar-refractivity contribution in [3.8, 4) is 0 Å². The van der Waals surface area contributed by atoms with E-state index in [1.165, 1.54) is 23.8 Å². The number of nitrogens with zero attached hydrogens (tertiary/aromatic N) is 4. The average molecular weight is 556 g/mol. The van der Waals surface area contributed by atoms with Crippen molar-refractivity contribution in [1.29, 1.82) is 0 Å². The third kappa shape index (κ3) is 524. The Balaban J connectivity index is -0.0000000456. The van der Waals surface area contributed by atoms with Crippen LogP contribution in [-0.4, -0.2) is 116 Å². The summed E-state index contributed by atoms with van der Waals surface area (Å²) in [5.74, 6) is 3.43. The highest BCUT2D eigenvalue weighted by atomic mass is 16.5. The second kappa shape index (κ2) is 40.2. The molecule has 0 heterocycles. The van der Waals surface area contributed by atoms with E-state index in [2.05, 4.69) is 116 Å². The Morgan fingerprint density at radius 2 is 0.632 bits per heavy atom. The largest absolute Gasteiger partial charge is 0.453 e. The van der Waals surface area contributed by atoms with Crippen LogP contribution in [0, 0.1) is 23.7 Å². The summed E-state index contributed by atoms with van der Waals surface area (Å²) < 4.78 is 5.30. The Hall–Kier alpha value is -1.34. The molecule has 0 aromatic carbocycles. The Kier molecular flexibility index (Phi) is 60.0. The third-order valence-electron chi connectivity index (χ3n) is 1.17. The molecular weight excluding hydrogens is 476 g/mol. The highest BCUT2D eigenvalue weighted by Gasteiger charge is 1.97. The van der Waals surface area contributed by atoms with Crippen molar-refractivity contribution in [2.24, 2.45) is 23.7 Å². The Labute approximate surface area is 243 Å². The fourth-order valence-electron chi connectivity index (χ4n) is 0.183. The van der Waals surface area contributed by atoms with Gasteiger partial charge in [-0.2, -0.15) is 0 Å². The van der Waals surface area contributed by atoms with Crippen molar-refractivity contribution in [3.05, 3.63) is 0 Å². The SMILES string of the molecule is CC(=O)N(C)C.CC(C)C.CC(C)C.CC(C)C.CC(C)C.CN(C)C.COC(=O)N(C)C.C[N+](C)(C)C. The highest BCUT2D eigenvalue weighted by Crippen LogP contribution is 1.82. The van der Waals surface area contributed by atoms with Crippen LogP contribution in [0.2, 0.25) is 0 Å². The Bertz CT molecular complexity index is 373. The molecule has 0 bridgehead atoms. The summed E-state index contributed by atoms with van der Waals surface area (Å²) in [6.07, 6.45) is -0.319. The van der Waals surface area contributed by atoms with E-state index in [4.69, 9.17) is 0 Å². The van der Waals surface area contributed by atoms with Crippen molar-refractivity contribution in [3.63, 3.8) is 0 Å². The van der Waals surface area contributed by atoms with Crippen molar-refractivity contribution < 1.29 is 18.8 Å². The first-order valence-electron chi connectivity index (χ1n) is 13.8. The number of rotatable bonds is 0. The van der Waals surface area contributed by atoms with Crippen LogP contribution >= 0.6 is 0 Å². The number of quaternary nitrogens is 1. The summed E-state index contributed by atoms with van der Waals surface area (Å²) in [4.78, 5) is 25.2.